The summed E-state index contributed by atoms with van der Waals surface area (Å²) >= 11 is 0. The monoisotopic (exact) mass is 247 g/mol. The smallest absolute Gasteiger partial charge is 0.341 e. The van der Waals surface area contributed by atoms with Gasteiger partial charge in [0.25, 0.3) is 0 Å². The summed E-state index contributed by atoms with van der Waals surface area (Å²) in [4.78, 5) is 25.7. The Balaban J connectivity index is 2.66. The van der Waals surface area contributed by atoms with Crippen LogP contribution in [0.15, 0.2) is 18.2 Å². The van der Waals surface area contributed by atoms with Crippen molar-refractivity contribution in [3.05, 3.63) is 29.5 Å². The number of hydrogen-bond donors (Lipinski definition) is 1. The van der Waals surface area contributed by atoms with Crippen molar-refractivity contribution in [1.29, 1.82) is 0 Å². The summed E-state index contributed by atoms with van der Waals surface area (Å²) in [5, 5.41) is 0.620. The predicted octanol–water partition coefficient (Wildman–Crippen LogP) is 2.17. The second-order valence-corrected chi connectivity index (χ2v) is 3.66. The minimum absolute atomic E-state index is 0.219. The highest BCUT2D eigenvalue weighted by Crippen LogP contribution is 2.26. The zero-order valence-corrected chi connectivity index (χ0v) is 10.1. The van der Waals surface area contributed by atoms with Gasteiger partial charge in [-0.2, -0.15) is 0 Å². The number of carbonyl (C=O) groups excluding carboxylic acids is 2. The van der Waals surface area contributed by atoms with Crippen molar-refractivity contribution in [1.82, 2.24) is 4.98 Å². The van der Waals surface area contributed by atoms with Gasteiger partial charge in [-0.05, 0) is 25.1 Å². The Morgan fingerprint density at radius 2 is 2.22 bits per heavy atom. The van der Waals surface area contributed by atoms with E-state index in [1.165, 1.54) is 0 Å². The Hall–Kier alpha value is -2.30. The molecule has 1 heterocycles. The Morgan fingerprint density at radius 1 is 1.44 bits per heavy atom. The third-order valence-corrected chi connectivity index (χ3v) is 2.63. The SMILES string of the molecule is CCOC(=O)c1c(C=O)[nH]c2ccc(OC)cc12. The molecule has 5 nitrogen and oxygen atoms in total. The summed E-state index contributed by atoms with van der Waals surface area (Å²) in [5.41, 5.74) is 1.17. The molecule has 0 saturated carbocycles. The standard InChI is InChI=1S/C13H13NO4/c1-3-18-13(16)12-9-6-8(17-2)4-5-10(9)14-11(12)7-15/h4-7,14H,3H2,1-2H3. The number of ether oxygens (including phenoxy) is 2. The average molecular weight is 247 g/mol. The molecule has 0 amide bonds. The molecule has 0 radical (unpaired) electrons. The van der Waals surface area contributed by atoms with Crippen LogP contribution in [-0.4, -0.2) is 31.0 Å². The zero-order chi connectivity index (χ0) is 13.1. The average Bonchev–Trinajstić information content (AvgIpc) is 2.76. The zero-order valence-electron chi connectivity index (χ0n) is 10.1. The van der Waals surface area contributed by atoms with Gasteiger partial charge in [-0.15, -0.1) is 0 Å². The van der Waals surface area contributed by atoms with E-state index in [1.807, 2.05) is 0 Å². The topological polar surface area (TPSA) is 68.4 Å². The number of aromatic amines is 1. The van der Waals surface area contributed by atoms with Crippen molar-refractivity contribution in [2.45, 2.75) is 6.92 Å². The fourth-order valence-corrected chi connectivity index (χ4v) is 1.83. The van der Waals surface area contributed by atoms with Gasteiger partial charge in [-0.25, -0.2) is 4.79 Å². The molecule has 1 aromatic carbocycles. The molecule has 0 spiro atoms. The molecule has 18 heavy (non-hydrogen) atoms. The Bertz CT molecular complexity index is 600. The highest BCUT2D eigenvalue weighted by atomic mass is 16.5. The quantitative estimate of drug-likeness (QED) is 0.664. The number of aldehydes is 1. The first-order valence-corrected chi connectivity index (χ1v) is 5.53. The van der Waals surface area contributed by atoms with Crippen LogP contribution in [0.4, 0.5) is 0 Å². The van der Waals surface area contributed by atoms with E-state index in [1.54, 1.807) is 32.2 Å². The fourth-order valence-electron chi connectivity index (χ4n) is 1.83. The Morgan fingerprint density at radius 3 is 2.83 bits per heavy atom. The number of benzene rings is 1. The molecule has 0 saturated heterocycles. The van der Waals surface area contributed by atoms with Crippen LogP contribution in [0.25, 0.3) is 10.9 Å². The van der Waals surface area contributed by atoms with Crippen molar-refractivity contribution in [3.63, 3.8) is 0 Å². The van der Waals surface area contributed by atoms with Gasteiger partial charge in [0.05, 0.1) is 25.0 Å². The van der Waals surface area contributed by atoms with Gasteiger partial charge in [0.15, 0.2) is 6.29 Å². The predicted molar refractivity (Wildman–Crippen MR) is 66.2 cm³/mol. The van der Waals surface area contributed by atoms with Gasteiger partial charge in [-0.3, -0.25) is 4.79 Å². The number of nitrogens with one attached hydrogen (secondary N) is 1. The minimum atomic E-state index is -0.515. The molecule has 0 aliphatic rings. The molecule has 5 heteroatoms. The minimum Gasteiger partial charge on any atom is -0.497 e. The van der Waals surface area contributed by atoms with Crippen molar-refractivity contribution >= 4 is 23.2 Å². The molecule has 1 aromatic heterocycles. The molecule has 0 atom stereocenters. The summed E-state index contributed by atoms with van der Waals surface area (Å²) in [6, 6.07) is 5.21. The number of hydrogen-bond acceptors (Lipinski definition) is 4. The van der Waals surface area contributed by atoms with Crippen LogP contribution < -0.4 is 4.74 Å². The van der Waals surface area contributed by atoms with Gasteiger partial charge in [0.1, 0.15) is 5.75 Å². The van der Waals surface area contributed by atoms with E-state index >= 15 is 0 Å². The van der Waals surface area contributed by atoms with Gasteiger partial charge in [0, 0.05) is 10.9 Å². The van der Waals surface area contributed by atoms with Gasteiger partial charge in [0.2, 0.25) is 0 Å². The highest BCUT2D eigenvalue weighted by molar-refractivity contribution is 6.10. The van der Waals surface area contributed by atoms with Crippen LogP contribution in [0, 0.1) is 0 Å². The maximum absolute atomic E-state index is 11.9. The molecule has 94 valence electrons. The van der Waals surface area contributed by atoms with Crippen molar-refractivity contribution in [2.75, 3.05) is 13.7 Å². The first-order valence-electron chi connectivity index (χ1n) is 5.53. The third-order valence-electron chi connectivity index (χ3n) is 2.63. The second kappa shape index (κ2) is 4.91. The summed E-state index contributed by atoms with van der Waals surface area (Å²) in [5.74, 6) is 0.101. The molecule has 0 bridgehead atoms. The normalized spacial score (nSPS) is 10.3. The van der Waals surface area contributed by atoms with Crippen LogP contribution in [-0.2, 0) is 4.74 Å². The number of carbonyl (C=O) groups is 2. The van der Waals surface area contributed by atoms with E-state index in [4.69, 9.17) is 9.47 Å². The molecule has 2 rings (SSSR count). The van der Waals surface area contributed by atoms with E-state index < -0.39 is 5.97 Å². The fraction of sp³-hybridized carbons (Fsp3) is 0.231. The van der Waals surface area contributed by atoms with Crippen LogP contribution in [0.3, 0.4) is 0 Å². The maximum atomic E-state index is 11.9. The number of fused-ring (bicyclic) bond motifs is 1. The van der Waals surface area contributed by atoms with Crippen molar-refractivity contribution in [3.8, 4) is 5.75 Å². The van der Waals surface area contributed by atoms with E-state index in [0.717, 1.165) is 0 Å². The second-order valence-electron chi connectivity index (χ2n) is 3.66. The highest BCUT2D eigenvalue weighted by Gasteiger charge is 2.19. The largest absolute Gasteiger partial charge is 0.497 e. The molecule has 0 aliphatic heterocycles. The Labute approximate surface area is 104 Å². The third kappa shape index (κ3) is 1.95. The number of methoxy groups -OCH3 is 1. The number of rotatable bonds is 4. The van der Waals surface area contributed by atoms with Crippen LogP contribution in [0.1, 0.15) is 27.8 Å². The van der Waals surface area contributed by atoms with Gasteiger partial charge >= 0.3 is 5.97 Å². The first kappa shape index (κ1) is 12.2. The van der Waals surface area contributed by atoms with E-state index in [-0.39, 0.29) is 17.9 Å². The summed E-state index contributed by atoms with van der Waals surface area (Å²) in [7, 11) is 1.54. The van der Waals surface area contributed by atoms with E-state index in [0.29, 0.717) is 22.9 Å². The molecule has 0 fully saturated rings. The van der Waals surface area contributed by atoms with Crippen molar-refractivity contribution < 1.29 is 19.1 Å². The van der Waals surface area contributed by atoms with Crippen LogP contribution >= 0.6 is 0 Å². The summed E-state index contributed by atoms with van der Waals surface area (Å²) < 4.78 is 10.1. The molecular formula is C13H13NO4. The summed E-state index contributed by atoms with van der Waals surface area (Å²) in [6.07, 6.45) is 0.610. The lowest BCUT2D eigenvalue weighted by molar-refractivity contribution is 0.0526. The molecule has 0 unspecified atom stereocenters. The first-order chi connectivity index (χ1) is 8.71. The number of H-pyrrole nitrogens is 1. The van der Waals surface area contributed by atoms with Gasteiger partial charge in [-0.1, -0.05) is 0 Å². The van der Waals surface area contributed by atoms with Crippen molar-refractivity contribution in [2.24, 2.45) is 0 Å². The lowest BCUT2D eigenvalue weighted by Gasteiger charge is -2.02. The Kier molecular flexibility index (Phi) is 3.32. The maximum Gasteiger partial charge on any atom is 0.341 e. The van der Waals surface area contributed by atoms with E-state index in [2.05, 4.69) is 4.98 Å². The molecule has 2 aromatic rings. The molecular weight excluding hydrogens is 234 g/mol. The van der Waals surface area contributed by atoms with Gasteiger partial charge < -0.3 is 14.5 Å². The lowest BCUT2D eigenvalue weighted by atomic mass is 10.1. The molecule has 0 aliphatic carbocycles. The molecule has 1 N–H and O–H groups in total. The summed E-state index contributed by atoms with van der Waals surface area (Å²) in [6.45, 7) is 1.97. The van der Waals surface area contributed by atoms with E-state index in [9.17, 15) is 9.59 Å². The number of esters is 1. The lowest BCUT2D eigenvalue weighted by Crippen LogP contribution is -2.06. The van der Waals surface area contributed by atoms with Crippen LogP contribution in [0.5, 0.6) is 5.75 Å². The van der Waals surface area contributed by atoms with Crippen LogP contribution in [0.2, 0.25) is 0 Å². The number of aromatic nitrogens is 1.